The molecule has 0 spiro atoms. The first-order valence-corrected chi connectivity index (χ1v) is 11.7. The van der Waals surface area contributed by atoms with Crippen LogP contribution in [0.1, 0.15) is 38.4 Å². The number of hydrogen-bond acceptors (Lipinski definition) is 7. The fraction of sp³-hybridized carbons (Fsp3) is 0.143. The number of aliphatic imine (C=N–C) groups is 1. The Morgan fingerprint density at radius 3 is 2.62 bits per heavy atom. The second-order valence-corrected chi connectivity index (χ2v) is 8.77. The van der Waals surface area contributed by atoms with Gasteiger partial charge in [0.05, 0.1) is 43.7 Å². The quantitative estimate of drug-likeness (QED) is 0.380. The Bertz CT molecular complexity index is 1570. The molecule has 1 aliphatic rings. The standard InChI is InChI=1S/C28H21ClFN3O4/c1-36-22-5-3-4-21(30)25(22)27-20-12-17(29)7-9-18(20)26-16(14-32-27)13-31-24(33-26)11-15-6-8-19(28(34)35)23(10-15)37-2/h3-10,12-13H,11,14H2,1-2H3,(H,34,35)/p-1. The molecule has 7 nitrogen and oxygen atoms in total. The largest absolute Gasteiger partial charge is 0.545 e. The normalized spacial score (nSPS) is 12.2. The Morgan fingerprint density at radius 1 is 1.05 bits per heavy atom. The molecule has 5 rings (SSSR count). The lowest BCUT2D eigenvalue weighted by molar-refractivity contribution is -0.255. The summed E-state index contributed by atoms with van der Waals surface area (Å²) < 4.78 is 25.7. The van der Waals surface area contributed by atoms with E-state index in [-0.39, 0.29) is 23.4 Å². The number of hydrogen-bond donors (Lipinski definition) is 0. The van der Waals surface area contributed by atoms with Crippen LogP contribution in [0.5, 0.6) is 11.5 Å². The van der Waals surface area contributed by atoms with Crippen molar-refractivity contribution in [3.63, 3.8) is 0 Å². The van der Waals surface area contributed by atoms with Crippen LogP contribution in [-0.2, 0) is 13.0 Å². The molecule has 4 aromatic rings. The van der Waals surface area contributed by atoms with Gasteiger partial charge in [0.25, 0.3) is 0 Å². The zero-order valence-electron chi connectivity index (χ0n) is 19.9. The lowest BCUT2D eigenvalue weighted by Gasteiger charge is -2.15. The molecule has 0 atom stereocenters. The van der Waals surface area contributed by atoms with Crippen molar-refractivity contribution in [2.75, 3.05) is 14.2 Å². The van der Waals surface area contributed by atoms with Gasteiger partial charge in [0.15, 0.2) is 0 Å². The Morgan fingerprint density at radius 2 is 1.86 bits per heavy atom. The number of halogens is 2. The first-order chi connectivity index (χ1) is 17.9. The number of carboxylic acid groups (broad SMARTS) is 1. The highest BCUT2D eigenvalue weighted by Crippen LogP contribution is 2.36. The maximum absolute atomic E-state index is 15.1. The number of aromatic carboxylic acids is 1. The third kappa shape index (κ3) is 4.63. The van der Waals surface area contributed by atoms with Crippen molar-refractivity contribution in [2.45, 2.75) is 13.0 Å². The van der Waals surface area contributed by atoms with E-state index >= 15 is 4.39 Å². The van der Waals surface area contributed by atoms with Gasteiger partial charge >= 0.3 is 0 Å². The molecule has 0 fully saturated rings. The van der Waals surface area contributed by atoms with Crippen molar-refractivity contribution in [3.8, 4) is 22.8 Å². The molecular formula is C28H20ClFN3O4-. The van der Waals surface area contributed by atoms with E-state index in [4.69, 9.17) is 31.1 Å². The summed E-state index contributed by atoms with van der Waals surface area (Å²) >= 11 is 6.35. The molecule has 0 unspecified atom stereocenters. The molecule has 3 aromatic carbocycles. The van der Waals surface area contributed by atoms with E-state index in [0.717, 1.165) is 16.7 Å². The van der Waals surface area contributed by atoms with Crippen LogP contribution in [0.2, 0.25) is 5.02 Å². The fourth-order valence-corrected chi connectivity index (χ4v) is 4.53. The van der Waals surface area contributed by atoms with Gasteiger partial charge in [0.2, 0.25) is 0 Å². The van der Waals surface area contributed by atoms with Crippen LogP contribution in [0.15, 0.2) is 65.8 Å². The smallest absolute Gasteiger partial charge is 0.136 e. The van der Waals surface area contributed by atoms with E-state index in [1.807, 2.05) is 6.07 Å². The summed E-state index contributed by atoms with van der Waals surface area (Å²) in [6.45, 7) is 0.225. The molecule has 186 valence electrons. The number of aromatic nitrogens is 2. The maximum Gasteiger partial charge on any atom is 0.136 e. The van der Waals surface area contributed by atoms with E-state index in [0.29, 0.717) is 40.0 Å². The number of benzene rings is 3. The summed E-state index contributed by atoms with van der Waals surface area (Å²) in [5, 5.41) is 11.8. The van der Waals surface area contributed by atoms with E-state index < -0.39 is 11.8 Å². The molecule has 0 saturated heterocycles. The van der Waals surface area contributed by atoms with Crippen LogP contribution in [0, 0.1) is 5.82 Å². The fourth-order valence-electron chi connectivity index (χ4n) is 4.36. The summed E-state index contributed by atoms with van der Waals surface area (Å²) in [7, 11) is 2.88. The van der Waals surface area contributed by atoms with Gasteiger partial charge in [-0.3, -0.25) is 4.99 Å². The van der Waals surface area contributed by atoms with Gasteiger partial charge in [0.1, 0.15) is 23.1 Å². The molecule has 0 bridgehead atoms. The Balaban J connectivity index is 1.60. The summed E-state index contributed by atoms with van der Waals surface area (Å²) in [5.74, 6) is -0.715. The molecule has 0 amide bonds. The number of fused-ring (bicyclic) bond motifs is 3. The SMILES string of the molecule is COc1cc(Cc2ncc3c(n2)-c2ccc(Cl)cc2C(c2c(F)cccc2OC)=NC3)ccc1C(=O)[O-]. The highest BCUT2D eigenvalue weighted by atomic mass is 35.5. The minimum atomic E-state index is -1.32. The van der Waals surface area contributed by atoms with Crippen molar-refractivity contribution in [1.82, 2.24) is 9.97 Å². The Labute approximate surface area is 217 Å². The van der Waals surface area contributed by atoms with Crippen molar-refractivity contribution in [3.05, 3.63) is 105 Å². The summed E-state index contributed by atoms with van der Waals surface area (Å²) in [5.41, 5.74) is 4.16. The van der Waals surface area contributed by atoms with Crippen LogP contribution >= 0.6 is 11.6 Å². The third-order valence-corrected chi connectivity index (χ3v) is 6.33. The van der Waals surface area contributed by atoms with Crippen molar-refractivity contribution < 1.29 is 23.8 Å². The number of methoxy groups -OCH3 is 2. The van der Waals surface area contributed by atoms with E-state index in [1.54, 1.807) is 42.6 Å². The minimum Gasteiger partial charge on any atom is -0.545 e. The zero-order valence-corrected chi connectivity index (χ0v) is 20.7. The minimum absolute atomic E-state index is 0.0341. The highest BCUT2D eigenvalue weighted by Gasteiger charge is 2.25. The van der Waals surface area contributed by atoms with E-state index in [2.05, 4.69) is 4.98 Å². The molecule has 0 N–H and O–H groups in total. The highest BCUT2D eigenvalue weighted by molar-refractivity contribution is 6.31. The summed E-state index contributed by atoms with van der Waals surface area (Å²) in [4.78, 5) is 25.4. The third-order valence-electron chi connectivity index (χ3n) is 6.09. The lowest BCUT2D eigenvalue weighted by atomic mass is 9.94. The van der Waals surface area contributed by atoms with Gasteiger partial charge in [-0.25, -0.2) is 14.4 Å². The van der Waals surface area contributed by atoms with Crippen LogP contribution < -0.4 is 14.6 Å². The monoisotopic (exact) mass is 516 g/mol. The summed E-state index contributed by atoms with van der Waals surface area (Å²) in [6.07, 6.45) is 2.03. The average molecular weight is 517 g/mol. The summed E-state index contributed by atoms with van der Waals surface area (Å²) in [6, 6.07) is 14.7. The maximum atomic E-state index is 15.1. The van der Waals surface area contributed by atoms with Crippen molar-refractivity contribution >= 4 is 23.3 Å². The van der Waals surface area contributed by atoms with Gasteiger partial charge in [0, 0.05) is 39.9 Å². The van der Waals surface area contributed by atoms with E-state index in [1.165, 1.54) is 26.4 Å². The molecule has 0 radical (unpaired) electrons. The molecule has 9 heteroatoms. The molecule has 0 aliphatic carbocycles. The number of carbonyl (C=O) groups excluding carboxylic acids is 1. The van der Waals surface area contributed by atoms with Crippen LogP contribution in [0.3, 0.4) is 0 Å². The first-order valence-electron chi connectivity index (χ1n) is 11.3. The van der Waals surface area contributed by atoms with Crippen LogP contribution in [0.4, 0.5) is 4.39 Å². The molecule has 0 saturated carbocycles. The number of nitrogens with zero attached hydrogens (tertiary/aromatic N) is 3. The number of carboxylic acids is 1. The molecule has 1 aromatic heterocycles. The van der Waals surface area contributed by atoms with Gasteiger partial charge in [-0.2, -0.15) is 0 Å². The predicted octanol–water partition coefficient (Wildman–Crippen LogP) is 4.26. The Kier molecular flexibility index (Phi) is 6.58. The number of carbonyl (C=O) groups is 1. The van der Waals surface area contributed by atoms with Gasteiger partial charge in [-0.05, 0) is 42.0 Å². The second-order valence-electron chi connectivity index (χ2n) is 8.33. The zero-order chi connectivity index (χ0) is 26.1. The van der Waals surface area contributed by atoms with Crippen molar-refractivity contribution in [1.29, 1.82) is 0 Å². The van der Waals surface area contributed by atoms with Gasteiger partial charge < -0.3 is 19.4 Å². The van der Waals surface area contributed by atoms with Gasteiger partial charge in [-0.1, -0.05) is 29.8 Å². The van der Waals surface area contributed by atoms with Gasteiger partial charge in [-0.15, -0.1) is 0 Å². The molecule has 1 aliphatic heterocycles. The van der Waals surface area contributed by atoms with Crippen molar-refractivity contribution in [2.24, 2.45) is 4.99 Å². The average Bonchev–Trinajstić information content (AvgIpc) is 3.04. The predicted molar refractivity (Wildman–Crippen MR) is 135 cm³/mol. The number of rotatable bonds is 6. The topological polar surface area (TPSA) is 96.7 Å². The van der Waals surface area contributed by atoms with Crippen LogP contribution in [-0.4, -0.2) is 35.9 Å². The molecule has 37 heavy (non-hydrogen) atoms. The Hall–Kier alpha value is -4.30. The molecular weight excluding hydrogens is 497 g/mol. The number of ether oxygens (including phenoxy) is 2. The van der Waals surface area contributed by atoms with E-state index in [9.17, 15) is 9.90 Å². The lowest BCUT2D eigenvalue weighted by Crippen LogP contribution is -2.23. The van der Waals surface area contributed by atoms with Crippen LogP contribution in [0.25, 0.3) is 11.3 Å². The second kappa shape index (κ2) is 9.99. The first kappa shape index (κ1) is 24.4. The molecule has 2 heterocycles.